The van der Waals surface area contributed by atoms with Crippen molar-refractivity contribution in [3.63, 3.8) is 0 Å². The van der Waals surface area contributed by atoms with Gasteiger partial charge in [0.15, 0.2) is 0 Å². The van der Waals surface area contributed by atoms with E-state index in [1.807, 2.05) is 19.1 Å². The molecule has 1 nitrogen and oxygen atoms in total. The van der Waals surface area contributed by atoms with Crippen molar-refractivity contribution in [2.24, 2.45) is 0 Å². The van der Waals surface area contributed by atoms with Crippen LogP contribution in [0.1, 0.15) is 17.7 Å². The van der Waals surface area contributed by atoms with E-state index >= 15 is 0 Å². The first-order chi connectivity index (χ1) is 5.38. The second kappa shape index (κ2) is 2.42. The summed E-state index contributed by atoms with van der Waals surface area (Å²) in [5, 5.41) is 0. The average molecular weight is 145 g/mol. The predicted octanol–water partition coefficient (Wildman–Crippen LogP) is 2.73. The van der Waals surface area contributed by atoms with Crippen LogP contribution < -0.4 is 0 Å². The molecule has 11 heavy (non-hydrogen) atoms. The molecular weight excluding hydrogens is 136 g/mol. The highest BCUT2D eigenvalue weighted by molar-refractivity contribution is 5.72. The van der Waals surface area contributed by atoms with E-state index in [0.717, 1.165) is 17.8 Å². The maximum Gasteiger partial charge on any atom is 0.137 e. The Kier molecular flexibility index (Phi) is 1.42. The third kappa shape index (κ3) is 1.03. The van der Waals surface area contributed by atoms with Crippen molar-refractivity contribution in [1.29, 1.82) is 0 Å². The molecule has 1 aromatic heterocycles. The second-order valence-corrected chi connectivity index (χ2v) is 2.63. The standard InChI is InChI=1S/C10H9O/c1-8-6-7-11-10(8)9-4-2-3-5-9/h2,4,6-7H,3H2,1H3. The Labute approximate surface area is 66.0 Å². The quantitative estimate of drug-likeness (QED) is 0.592. The van der Waals surface area contributed by atoms with Gasteiger partial charge in [0, 0.05) is 5.57 Å². The topological polar surface area (TPSA) is 13.1 Å². The molecule has 1 heteroatoms. The highest BCUT2D eigenvalue weighted by Gasteiger charge is 2.07. The molecule has 0 aliphatic heterocycles. The normalized spacial score (nSPS) is 15.5. The van der Waals surface area contributed by atoms with Crippen LogP contribution in [0.4, 0.5) is 0 Å². The lowest BCUT2D eigenvalue weighted by Crippen LogP contribution is -1.76. The van der Waals surface area contributed by atoms with Crippen LogP contribution in [0, 0.1) is 13.0 Å². The Balaban J connectivity index is 2.43. The molecule has 0 saturated heterocycles. The molecule has 0 spiro atoms. The lowest BCUT2D eigenvalue weighted by atomic mass is 10.1. The Morgan fingerprint density at radius 2 is 2.45 bits per heavy atom. The molecule has 0 N–H and O–H groups in total. The number of furan rings is 1. The molecule has 0 atom stereocenters. The number of aryl methyl sites for hydroxylation is 1. The van der Waals surface area contributed by atoms with Crippen LogP contribution in [0.5, 0.6) is 0 Å². The van der Waals surface area contributed by atoms with Crippen LogP contribution in [-0.2, 0) is 0 Å². The number of hydrogen-bond donors (Lipinski definition) is 0. The fourth-order valence-electron chi connectivity index (χ4n) is 1.21. The SMILES string of the molecule is Cc1ccoc1C1=[C]CC=C1. The maximum absolute atomic E-state index is 5.30. The zero-order valence-electron chi connectivity index (χ0n) is 6.42. The number of rotatable bonds is 1. The van der Waals surface area contributed by atoms with Crippen molar-refractivity contribution < 1.29 is 4.42 Å². The van der Waals surface area contributed by atoms with Gasteiger partial charge in [-0.2, -0.15) is 0 Å². The van der Waals surface area contributed by atoms with Crippen molar-refractivity contribution in [2.75, 3.05) is 0 Å². The van der Waals surface area contributed by atoms with Crippen LogP contribution in [0.2, 0.25) is 0 Å². The van der Waals surface area contributed by atoms with E-state index in [-0.39, 0.29) is 0 Å². The van der Waals surface area contributed by atoms with Crippen LogP contribution >= 0.6 is 0 Å². The number of hydrogen-bond acceptors (Lipinski definition) is 1. The van der Waals surface area contributed by atoms with Crippen LogP contribution in [0.3, 0.4) is 0 Å². The Bertz CT molecular complexity index is 315. The largest absolute Gasteiger partial charge is 0.464 e. The molecule has 1 aliphatic carbocycles. The van der Waals surface area contributed by atoms with Gasteiger partial charge in [-0.25, -0.2) is 0 Å². The summed E-state index contributed by atoms with van der Waals surface area (Å²) in [4.78, 5) is 0. The molecule has 2 rings (SSSR count). The van der Waals surface area contributed by atoms with E-state index in [4.69, 9.17) is 4.42 Å². The first-order valence-electron chi connectivity index (χ1n) is 3.70. The van der Waals surface area contributed by atoms with Gasteiger partial charge in [0.1, 0.15) is 5.76 Å². The molecule has 0 unspecified atom stereocenters. The van der Waals surface area contributed by atoms with E-state index in [2.05, 4.69) is 12.2 Å². The van der Waals surface area contributed by atoms with Gasteiger partial charge in [-0.15, -0.1) is 0 Å². The van der Waals surface area contributed by atoms with Gasteiger partial charge in [0.25, 0.3) is 0 Å². The third-order valence-electron chi connectivity index (χ3n) is 1.80. The lowest BCUT2D eigenvalue weighted by molar-refractivity contribution is 0.552. The van der Waals surface area contributed by atoms with Crippen LogP contribution in [0.25, 0.3) is 5.57 Å². The van der Waals surface area contributed by atoms with E-state index in [9.17, 15) is 0 Å². The molecule has 55 valence electrons. The predicted molar refractivity (Wildman–Crippen MR) is 43.9 cm³/mol. The van der Waals surface area contributed by atoms with Gasteiger partial charge in [0.2, 0.25) is 0 Å². The van der Waals surface area contributed by atoms with Crippen LogP contribution in [-0.4, -0.2) is 0 Å². The zero-order valence-corrected chi connectivity index (χ0v) is 6.42. The van der Waals surface area contributed by atoms with Gasteiger partial charge >= 0.3 is 0 Å². The Morgan fingerprint density at radius 3 is 3.00 bits per heavy atom. The lowest BCUT2D eigenvalue weighted by Gasteiger charge is -1.93. The summed E-state index contributed by atoms with van der Waals surface area (Å²) in [6.07, 6.45) is 9.97. The summed E-state index contributed by atoms with van der Waals surface area (Å²) in [6.45, 7) is 2.04. The average Bonchev–Trinajstić information content (AvgIpc) is 2.55. The van der Waals surface area contributed by atoms with E-state index in [0.29, 0.717) is 0 Å². The van der Waals surface area contributed by atoms with Crippen molar-refractivity contribution in [1.82, 2.24) is 0 Å². The van der Waals surface area contributed by atoms with E-state index in [1.54, 1.807) is 6.26 Å². The Morgan fingerprint density at radius 1 is 1.55 bits per heavy atom. The number of allylic oxidation sites excluding steroid dienone is 4. The van der Waals surface area contributed by atoms with E-state index in [1.165, 1.54) is 5.56 Å². The monoisotopic (exact) mass is 145 g/mol. The fraction of sp³-hybridized carbons (Fsp3) is 0.200. The molecule has 1 aliphatic rings. The highest BCUT2D eigenvalue weighted by Crippen LogP contribution is 2.24. The molecule has 1 heterocycles. The second-order valence-electron chi connectivity index (χ2n) is 2.63. The molecule has 0 fully saturated rings. The summed E-state index contributed by atoms with van der Waals surface area (Å²) >= 11 is 0. The maximum atomic E-state index is 5.30. The van der Waals surface area contributed by atoms with Crippen molar-refractivity contribution in [2.45, 2.75) is 13.3 Å². The van der Waals surface area contributed by atoms with Crippen molar-refractivity contribution in [3.8, 4) is 0 Å². The highest BCUT2D eigenvalue weighted by atomic mass is 16.3. The molecule has 0 amide bonds. The first kappa shape index (κ1) is 6.47. The smallest absolute Gasteiger partial charge is 0.137 e. The van der Waals surface area contributed by atoms with E-state index < -0.39 is 0 Å². The summed E-state index contributed by atoms with van der Waals surface area (Å²) in [5.74, 6) is 0.957. The molecule has 0 bridgehead atoms. The van der Waals surface area contributed by atoms with Crippen LogP contribution in [0.15, 0.2) is 28.9 Å². The Hall–Kier alpha value is -1.24. The third-order valence-corrected chi connectivity index (χ3v) is 1.80. The van der Waals surface area contributed by atoms with Gasteiger partial charge in [-0.1, -0.05) is 12.2 Å². The summed E-state index contributed by atoms with van der Waals surface area (Å²) in [6, 6.07) is 1.97. The van der Waals surface area contributed by atoms with Gasteiger partial charge in [0.05, 0.1) is 6.26 Å². The van der Waals surface area contributed by atoms with Crippen molar-refractivity contribution in [3.05, 3.63) is 41.9 Å². The molecule has 1 aromatic rings. The fourth-order valence-corrected chi connectivity index (χ4v) is 1.21. The molecule has 1 radical (unpaired) electrons. The molecule has 0 aromatic carbocycles. The molecule has 0 saturated carbocycles. The minimum Gasteiger partial charge on any atom is -0.464 e. The molecular formula is C10H9O. The minimum absolute atomic E-state index is 0.912. The first-order valence-corrected chi connectivity index (χ1v) is 3.70. The minimum atomic E-state index is 0.912. The zero-order chi connectivity index (χ0) is 7.68. The summed E-state index contributed by atoms with van der Waals surface area (Å²) in [5.41, 5.74) is 2.27. The van der Waals surface area contributed by atoms with Gasteiger partial charge in [-0.05, 0) is 31.1 Å². The van der Waals surface area contributed by atoms with Gasteiger partial charge in [-0.3, -0.25) is 0 Å². The van der Waals surface area contributed by atoms with Crippen molar-refractivity contribution >= 4 is 5.57 Å². The van der Waals surface area contributed by atoms with Gasteiger partial charge < -0.3 is 4.42 Å². The summed E-state index contributed by atoms with van der Waals surface area (Å²) in [7, 11) is 0. The summed E-state index contributed by atoms with van der Waals surface area (Å²) < 4.78 is 5.30.